The van der Waals surface area contributed by atoms with Gasteiger partial charge in [0.15, 0.2) is 0 Å². The predicted octanol–water partition coefficient (Wildman–Crippen LogP) is 5.88. The lowest BCUT2D eigenvalue weighted by Crippen LogP contribution is -2.44. The number of nitrogens with zero attached hydrogens (tertiary/aromatic N) is 1. The van der Waals surface area contributed by atoms with Crippen molar-refractivity contribution in [2.45, 2.75) is 77.7 Å². The van der Waals surface area contributed by atoms with E-state index >= 15 is 0 Å². The average molecular weight is 538 g/mol. The van der Waals surface area contributed by atoms with Gasteiger partial charge in [0, 0.05) is 6.54 Å². The van der Waals surface area contributed by atoms with Gasteiger partial charge in [0.1, 0.15) is 6.10 Å². The third kappa shape index (κ3) is 6.70. The SMILES string of the molecule is CC[C@H](O)[C@@H](C)C(=O)O[C@H](c1ccccc1)[C@H](C)N(Cc1ccccc1)S(=O)(=O)c1c(C)cc(C)cc1C. The van der Waals surface area contributed by atoms with E-state index < -0.39 is 40.2 Å². The molecule has 4 atom stereocenters. The fourth-order valence-corrected chi connectivity index (χ4v) is 6.92. The number of sulfonamides is 1. The first-order chi connectivity index (χ1) is 18.0. The number of aliphatic hydroxyl groups is 1. The van der Waals surface area contributed by atoms with Crippen molar-refractivity contribution in [2.24, 2.45) is 5.92 Å². The van der Waals surface area contributed by atoms with E-state index in [0.29, 0.717) is 23.1 Å². The Hall–Kier alpha value is -3.00. The molecule has 0 fully saturated rings. The van der Waals surface area contributed by atoms with E-state index in [1.165, 1.54) is 4.31 Å². The molecule has 0 aromatic heterocycles. The molecule has 0 radical (unpaired) electrons. The van der Waals surface area contributed by atoms with Crippen LogP contribution in [0, 0.1) is 26.7 Å². The second kappa shape index (κ2) is 12.7. The highest BCUT2D eigenvalue weighted by atomic mass is 32.2. The van der Waals surface area contributed by atoms with E-state index in [2.05, 4.69) is 0 Å². The Morgan fingerprint density at radius 1 is 0.921 bits per heavy atom. The summed E-state index contributed by atoms with van der Waals surface area (Å²) in [4.78, 5) is 13.4. The standard InChI is InChI=1S/C31H39NO5S/c1-7-28(33)24(5)31(34)37-29(27-16-12-9-13-17-27)25(6)32(20-26-14-10-8-11-15-26)38(35,36)30-22(3)18-21(2)19-23(30)4/h8-19,24-25,28-29,33H,7,20H2,1-6H3/t24-,25+,28+,29+/m1/s1. The molecular weight excluding hydrogens is 498 g/mol. The summed E-state index contributed by atoms with van der Waals surface area (Å²) < 4.78 is 36.2. The Kier molecular flexibility index (Phi) is 9.88. The molecule has 0 saturated heterocycles. The number of aryl methyl sites for hydroxylation is 3. The second-order valence-corrected chi connectivity index (χ2v) is 11.9. The van der Waals surface area contributed by atoms with Crippen LogP contribution in [0.4, 0.5) is 0 Å². The molecule has 0 heterocycles. The van der Waals surface area contributed by atoms with Gasteiger partial charge >= 0.3 is 5.97 Å². The van der Waals surface area contributed by atoms with Crippen LogP contribution in [-0.2, 0) is 26.1 Å². The molecule has 3 aromatic carbocycles. The van der Waals surface area contributed by atoms with Crippen LogP contribution in [0.5, 0.6) is 0 Å². The Bertz CT molecular complexity index is 1300. The maximum absolute atomic E-state index is 14.4. The van der Waals surface area contributed by atoms with E-state index in [1.807, 2.05) is 79.7 Å². The number of benzene rings is 3. The van der Waals surface area contributed by atoms with E-state index in [0.717, 1.165) is 11.1 Å². The van der Waals surface area contributed by atoms with Gasteiger partial charge in [-0.1, -0.05) is 85.3 Å². The maximum Gasteiger partial charge on any atom is 0.311 e. The van der Waals surface area contributed by atoms with Crippen LogP contribution in [0.15, 0.2) is 77.7 Å². The van der Waals surface area contributed by atoms with Crippen molar-refractivity contribution >= 4 is 16.0 Å². The highest BCUT2D eigenvalue weighted by Crippen LogP contribution is 2.34. The lowest BCUT2D eigenvalue weighted by atomic mass is 10.0. The molecule has 0 spiro atoms. The zero-order chi connectivity index (χ0) is 28.0. The minimum absolute atomic E-state index is 0.102. The van der Waals surface area contributed by atoms with Crippen LogP contribution < -0.4 is 0 Å². The maximum atomic E-state index is 14.4. The number of aliphatic hydroxyl groups excluding tert-OH is 1. The van der Waals surface area contributed by atoms with Gasteiger partial charge in [-0.3, -0.25) is 4.79 Å². The van der Waals surface area contributed by atoms with Crippen molar-refractivity contribution in [2.75, 3.05) is 0 Å². The molecule has 1 N–H and O–H groups in total. The predicted molar refractivity (Wildman–Crippen MR) is 150 cm³/mol. The first-order valence-corrected chi connectivity index (χ1v) is 14.5. The van der Waals surface area contributed by atoms with Gasteiger partial charge < -0.3 is 9.84 Å². The lowest BCUT2D eigenvalue weighted by Gasteiger charge is -2.35. The van der Waals surface area contributed by atoms with Crippen LogP contribution in [0.2, 0.25) is 0 Å². The van der Waals surface area contributed by atoms with Crippen molar-refractivity contribution in [1.82, 2.24) is 4.31 Å². The highest BCUT2D eigenvalue weighted by molar-refractivity contribution is 7.89. The fourth-order valence-electron chi connectivity index (χ4n) is 4.88. The summed E-state index contributed by atoms with van der Waals surface area (Å²) in [5, 5.41) is 10.3. The molecule has 0 amide bonds. The first-order valence-electron chi connectivity index (χ1n) is 13.0. The largest absolute Gasteiger partial charge is 0.455 e. The van der Waals surface area contributed by atoms with E-state index in [1.54, 1.807) is 34.6 Å². The molecule has 204 valence electrons. The smallest absolute Gasteiger partial charge is 0.311 e. The molecule has 38 heavy (non-hydrogen) atoms. The Balaban J connectivity index is 2.14. The summed E-state index contributed by atoms with van der Waals surface area (Å²) in [6, 6.07) is 21.5. The van der Waals surface area contributed by atoms with Crippen molar-refractivity contribution < 1.29 is 23.1 Å². The first kappa shape index (κ1) is 29.6. The molecule has 6 nitrogen and oxygen atoms in total. The van der Waals surface area contributed by atoms with E-state index in [-0.39, 0.29) is 11.4 Å². The molecule has 3 rings (SSSR count). The van der Waals surface area contributed by atoms with E-state index in [4.69, 9.17) is 4.74 Å². The van der Waals surface area contributed by atoms with Crippen LogP contribution in [0.25, 0.3) is 0 Å². The van der Waals surface area contributed by atoms with Crippen LogP contribution in [0.1, 0.15) is 61.1 Å². The van der Waals surface area contributed by atoms with Gasteiger partial charge in [-0.05, 0) is 63.3 Å². The third-order valence-corrected chi connectivity index (χ3v) is 9.22. The molecule has 0 unspecified atom stereocenters. The lowest BCUT2D eigenvalue weighted by molar-refractivity contribution is -0.160. The normalized spacial score (nSPS) is 15.1. The summed E-state index contributed by atoms with van der Waals surface area (Å²) in [6.45, 7) is 10.8. The zero-order valence-corrected chi connectivity index (χ0v) is 23.9. The number of hydrogen-bond donors (Lipinski definition) is 1. The fraction of sp³-hybridized carbons (Fsp3) is 0.387. The zero-order valence-electron chi connectivity index (χ0n) is 23.1. The molecule has 0 bridgehead atoms. The van der Waals surface area contributed by atoms with E-state index in [9.17, 15) is 18.3 Å². The summed E-state index contributed by atoms with van der Waals surface area (Å²) in [5.41, 5.74) is 3.82. The quantitative estimate of drug-likeness (QED) is 0.309. The van der Waals surface area contributed by atoms with Gasteiger partial charge in [-0.25, -0.2) is 8.42 Å². The number of esters is 1. The van der Waals surface area contributed by atoms with Crippen molar-refractivity contribution in [1.29, 1.82) is 0 Å². The van der Waals surface area contributed by atoms with Crippen molar-refractivity contribution in [3.8, 4) is 0 Å². The van der Waals surface area contributed by atoms with Gasteiger partial charge in [0.2, 0.25) is 10.0 Å². The Morgan fingerprint density at radius 2 is 1.45 bits per heavy atom. The summed E-state index contributed by atoms with van der Waals surface area (Å²) in [6.07, 6.45) is -1.33. The van der Waals surface area contributed by atoms with Crippen LogP contribution in [-0.4, -0.2) is 35.9 Å². The average Bonchev–Trinajstić information content (AvgIpc) is 2.89. The number of rotatable bonds is 11. The van der Waals surface area contributed by atoms with Crippen molar-refractivity contribution in [3.05, 3.63) is 101 Å². The second-order valence-electron chi connectivity index (χ2n) is 10.0. The van der Waals surface area contributed by atoms with Crippen molar-refractivity contribution in [3.63, 3.8) is 0 Å². The highest BCUT2D eigenvalue weighted by Gasteiger charge is 2.38. The van der Waals surface area contributed by atoms with Gasteiger partial charge in [-0.15, -0.1) is 0 Å². The summed E-state index contributed by atoms with van der Waals surface area (Å²) in [5.74, 6) is -1.32. The number of hydrogen-bond acceptors (Lipinski definition) is 5. The molecule has 3 aromatic rings. The monoisotopic (exact) mass is 537 g/mol. The minimum Gasteiger partial charge on any atom is -0.455 e. The van der Waals surface area contributed by atoms with Gasteiger partial charge in [0.05, 0.1) is 23.0 Å². The molecule has 0 aliphatic rings. The molecule has 0 aliphatic carbocycles. The third-order valence-electron chi connectivity index (χ3n) is 6.98. The number of carbonyl (C=O) groups excluding carboxylic acids is 1. The summed E-state index contributed by atoms with van der Waals surface area (Å²) >= 11 is 0. The Morgan fingerprint density at radius 3 is 1.97 bits per heavy atom. The van der Waals surface area contributed by atoms with Crippen LogP contribution >= 0.6 is 0 Å². The molecule has 0 saturated carbocycles. The minimum atomic E-state index is -4.01. The molecule has 0 aliphatic heterocycles. The Labute approximate surface area is 227 Å². The summed E-state index contributed by atoms with van der Waals surface area (Å²) in [7, 11) is -4.01. The van der Waals surface area contributed by atoms with Gasteiger partial charge in [0.25, 0.3) is 0 Å². The molecule has 7 heteroatoms. The van der Waals surface area contributed by atoms with Gasteiger partial charge in [-0.2, -0.15) is 4.31 Å². The van der Waals surface area contributed by atoms with Crippen LogP contribution in [0.3, 0.4) is 0 Å². The number of ether oxygens (including phenoxy) is 1. The molecular formula is C31H39NO5S. The topological polar surface area (TPSA) is 83.9 Å². The number of carbonyl (C=O) groups is 1.